The average molecular weight is 223 g/mol. The molecule has 0 amide bonds. The molecule has 0 radical (unpaired) electrons. The summed E-state index contributed by atoms with van der Waals surface area (Å²) < 4.78 is 8.77. The summed E-state index contributed by atoms with van der Waals surface area (Å²) in [6.07, 6.45) is 0. The summed E-state index contributed by atoms with van der Waals surface area (Å²) in [5.41, 5.74) is 4.80. The van der Waals surface area contributed by atoms with Crippen LogP contribution in [0.2, 0.25) is 0 Å². The fourth-order valence-corrected chi connectivity index (χ4v) is 3.00. The van der Waals surface area contributed by atoms with Gasteiger partial charge in [0, 0.05) is 12.7 Å². The third kappa shape index (κ3) is 1.37. The summed E-state index contributed by atoms with van der Waals surface area (Å²) in [6, 6.07) is 16.7. The third-order valence-corrected chi connectivity index (χ3v) is 4.01. The Morgan fingerprint density at radius 2 is 1.29 bits per heavy atom. The topological polar surface area (TPSA) is 0 Å². The van der Waals surface area contributed by atoms with Crippen molar-refractivity contribution in [2.24, 2.45) is 0 Å². The van der Waals surface area contributed by atoms with E-state index in [1.807, 2.05) is 19.1 Å². The van der Waals surface area contributed by atoms with E-state index in [-0.39, 0.29) is 5.41 Å². The first-order valence-electron chi connectivity index (χ1n) is 6.65. The van der Waals surface area contributed by atoms with E-state index in [1.165, 1.54) is 11.1 Å². The second-order valence-corrected chi connectivity index (χ2v) is 5.34. The summed E-state index contributed by atoms with van der Waals surface area (Å²) in [5.74, 6) is -0.650. The number of hydrogen-bond donors (Lipinski definition) is 0. The molecule has 86 valence electrons. The summed E-state index contributed by atoms with van der Waals surface area (Å²) in [7, 11) is 0. The van der Waals surface area contributed by atoms with Crippen LogP contribution < -0.4 is 0 Å². The number of fused-ring (bicyclic) bond motifs is 2. The Kier molecular flexibility index (Phi) is 1.93. The van der Waals surface area contributed by atoms with Crippen LogP contribution in [0.15, 0.2) is 48.5 Å². The van der Waals surface area contributed by atoms with Gasteiger partial charge in [0.25, 0.3) is 0 Å². The van der Waals surface area contributed by atoms with Crippen molar-refractivity contribution < 1.29 is 1.37 Å². The van der Waals surface area contributed by atoms with E-state index >= 15 is 0 Å². The number of hydrogen-bond acceptors (Lipinski definition) is 0. The highest BCUT2D eigenvalue weighted by Gasteiger charge is 2.34. The van der Waals surface area contributed by atoms with Gasteiger partial charge in [-0.25, -0.2) is 0 Å². The first-order chi connectivity index (χ1) is 8.45. The van der Waals surface area contributed by atoms with Crippen molar-refractivity contribution in [3.63, 3.8) is 0 Å². The molecule has 0 N–H and O–H groups in total. The zero-order valence-electron chi connectivity index (χ0n) is 11.6. The lowest BCUT2D eigenvalue weighted by molar-refractivity contribution is 0.591. The Morgan fingerprint density at radius 1 is 0.882 bits per heavy atom. The third-order valence-electron chi connectivity index (χ3n) is 4.01. The van der Waals surface area contributed by atoms with E-state index in [1.54, 1.807) is 0 Å². The molecule has 0 heterocycles. The fourth-order valence-electron chi connectivity index (χ4n) is 3.00. The van der Waals surface area contributed by atoms with Crippen molar-refractivity contribution in [3.8, 4) is 0 Å². The van der Waals surface area contributed by atoms with Gasteiger partial charge in [-0.15, -0.1) is 0 Å². The molecule has 0 saturated heterocycles. The maximum Gasteiger partial charge on any atom is 0.0399 e. The first kappa shape index (κ1) is 9.47. The minimum absolute atomic E-state index is 0.0201. The highest BCUT2D eigenvalue weighted by atomic mass is 14.4. The van der Waals surface area contributed by atoms with E-state index in [0.717, 1.165) is 11.1 Å². The Balaban J connectivity index is 2.41. The van der Waals surface area contributed by atoms with Crippen LogP contribution in [0.25, 0.3) is 0 Å². The van der Waals surface area contributed by atoms with Crippen LogP contribution >= 0.6 is 0 Å². The lowest BCUT2D eigenvalue weighted by Gasteiger charge is -2.38. The SMILES string of the molecule is [2H]C1(C)c2ccccc2C(C)(C)c2ccccc21. The fraction of sp³-hybridized carbons (Fsp3) is 0.294. The van der Waals surface area contributed by atoms with Gasteiger partial charge in [0.1, 0.15) is 0 Å². The van der Waals surface area contributed by atoms with Crippen LogP contribution in [0, 0.1) is 0 Å². The quantitative estimate of drug-likeness (QED) is 0.618. The molecule has 17 heavy (non-hydrogen) atoms. The zero-order valence-corrected chi connectivity index (χ0v) is 10.6. The molecular formula is C17H18. The van der Waals surface area contributed by atoms with Crippen molar-refractivity contribution in [3.05, 3.63) is 70.8 Å². The van der Waals surface area contributed by atoms with Crippen molar-refractivity contribution in [2.45, 2.75) is 32.1 Å². The zero-order chi connectivity index (χ0) is 13.0. The first-order valence-corrected chi connectivity index (χ1v) is 6.15. The molecule has 2 aromatic carbocycles. The monoisotopic (exact) mass is 223 g/mol. The van der Waals surface area contributed by atoms with Crippen LogP contribution in [-0.4, -0.2) is 0 Å². The Hall–Kier alpha value is -1.56. The Morgan fingerprint density at radius 3 is 1.76 bits per heavy atom. The van der Waals surface area contributed by atoms with Crippen molar-refractivity contribution >= 4 is 0 Å². The highest BCUT2D eigenvalue weighted by molar-refractivity contribution is 5.55. The normalized spacial score (nSPS) is 20.1. The van der Waals surface area contributed by atoms with Crippen LogP contribution in [0.1, 0.15) is 50.3 Å². The predicted octanol–water partition coefficient (Wildman–Crippen LogP) is 4.48. The van der Waals surface area contributed by atoms with Gasteiger partial charge in [0.2, 0.25) is 0 Å². The summed E-state index contributed by atoms with van der Waals surface area (Å²) in [4.78, 5) is 0. The lowest BCUT2D eigenvalue weighted by Crippen LogP contribution is -2.28. The molecule has 0 saturated carbocycles. The molecule has 0 fully saturated rings. The second-order valence-electron chi connectivity index (χ2n) is 5.34. The molecule has 0 aromatic heterocycles. The Labute approximate surface area is 105 Å². The molecule has 0 atom stereocenters. The molecule has 0 bridgehead atoms. The molecule has 0 heteroatoms. The van der Waals surface area contributed by atoms with Gasteiger partial charge in [-0.05, 0) is 22.3 Å². The van der Waals surface area contributed by atoms with Gasteiger partial charge in [-0.2, -0.15) is 0 Å². The summed E-state index contributed by atoms with van der Waals surface area (Å²) in [5, 5.41) is 0. The molecule has 0 unspecified atom stereocenters. The minimum Gasteiger partial charge on any atom is -0.0620 e. The largest absolute Gasteiger partial charge is 0.0620 e. The molecule has 0 nitrogen and oxygen atoms in total. The minimum atomic E-state index is -0.650. The molecule has 0 spiro atoms. The van der Waals surface area contributed by atoms with Crippen molar-refractivity contribution in [1.82, 2.24) is 0 Å². The van der Waals surface area contributed by atoms with Gasteiger partial charge in [0.15, 0.2) is 0 Å². The standard InChI is InChI=1S/C17H18/c1-12-13-8-4-6-10-15(13)17(2,3)16-11-7-5-9-14(12)16/h4-12H,1-3H3/i12D. The lowest BCUT2D eigenvalue weighted by atomic mass is 9.66. The van der Waals surface area contributed by atoms with E-state index in [9.17, 15) is 0 Å². The van der Waals surface area contributed by atoms with Crippen molar-refractivity contribution in [1.29, 1.82) is 0 Å². The summed E-state index contributed by atoms with van der Waals surface area (Å²) >= 11 is 0. The van der Waals surface area contributed by atoms with Gasteiger partial charge in [-0.1, -0.05) is 69.3 Å². The van der Waals surface area contributed by atoms with E-state index in [4.69, 9.17) is 1.37 Å². The second kappa shape index (κ2) is 3.46. The van der Waals surface area contributed by atoms with Gasteiger partial charge >= 0.3 is 0 Å². The van der Waals surface area contributed by atoms with Crippen LogP contribution in [0.4, 0.5) is 0 Å². The van der Waals surface area contributed by atoms with E-state index < -0.39 is 5.89 Å². The van der Waals surface area contributed by atoms with Crippen LogP contribution in [-0.2, 0) is 5.41 Å². The van der Waals surface area contributed by atoms with Gasteiger partial charge in [-0.3, -0.25) is 0 Å². The molecule has 3 rings (SSSR count). The maximum absolute atomic E-state index is 8.77. The van der Waals surface area contributed by atoms with Crippen LogP contribution in [0.3, 0.4) is 0 Å². The predicted molar refractivity (Wildman–Crippen MR) is 72.5 cm³/mol. The van der Waals surface area contributed by atoms with Crippen LogP contribution in [0.5, 0.6) is 0 Å². The molecule has 1 aliphatic rings. The molecular weight excluding hydrogens is 204 g/mol. The van der Waals surface area contributed by atoms with Crippen molar-refractivity contribution in [2.75, 3.05) is 0 Å². The maximum atomic E-state index is 8.77. The molecule has 2 aromatic rings. The van der Waals surface area contributed by atoms with Gasteiger partial charge in [0.05, 0.1) is 0 Å². The average Bonchev–Trinajstić information content (AvgIpc) is 2.37. The number of rotatable bonds is 0. The number of benzene rings is 2. The van der Waals surface area contributed by atoms with Gasteiger partial charge < -0.3 is 0 Å². The summed E-state index contributed by atoms with van der Waals surface area (Å²) in [6.45, 7) is 6.50. The highest BCUT2D eigenvalue weighted by Crippen LogP contribution is 2.46. The van der Waals surface area contributed by atoms with E-state index in [0.29, 0.717) is 0 Å². The van der Waals surface area contributed by atoms with E-state index in [2.05, 4.69) is 50.2 Å². The Bertz CT molecular complexity index is 503. The molecule has 1 aliphatic carbocycles. The smallest absolute Gasteiger partial charge is 0.0399 e. The molecule has 0 aliphatic heterocycles.